The van der Waals surface area contributed by atoms with E-state index >= 15 is 0 Å². The molecule has 3 rings (SSSR count). The lowest BCUT2D eigenvalue weighted by Crippen LogP contribution is -2.32. The van der Waals surface area contributed by atoms with E-state index in [0.717, 1.165) is 28.4 Å². The summed E-state index contributed by atoms with van der Waals surface area (Å²) in [7, 11) is 5.37. The lowest BCUT2D eigenvalue weighted by Gasteiger charge is -2.23. The fourth-order valence-corrected chi connectivity index (χ4v) is 3.22. The first-order valence-electron chi connectivity index (χ1n) is 8.09. The van der Waals surface area contributed by atoms with Crippen molar-refractivity contribution in [2.45, 2.75) is 6.04 Å². The first-order valence-corrected chi connectivity index (χ1v) is 8.86. The Bertz CT molecular complexity index is 863. The van der Waals surface area contributed by atoms with Gasteiger partial charge in [0.1, 0.15) is 11.8 Å². The van der Waals surface area contributed by atoms with Gasteiger partial charge in [0.2, 0.25) is 11.0 Å². The van der Waals surface area contributed by atoms with Crippen molar-refractivity contribution in [1.82, 2.24) is 14.3 Å². The molecule has 0 fully saturated rings. The van der Waals surface area contributed by atoms with Crippen LogP contribution in [0.2, 0.25) is 0 Å². The maximum Gasteiger partial charge on any atom is 0.248 e. The van der Waals surface area contributed by atoms with E-state index in [2.05, 4.69) is 14.7 Å². The zero-order valence-corrected chi connectivity index (χ0v) is 15.7. The van der Waals surface area contributed by atoms with Crippen molar-refractivity contribution in [3.05, 3.63) is 60.2 Å². The van der Waals surface area contributed by atoms with E-state index in [1.807, 2.05) is 73.6 Å². The summed E-state index contributed by atoms with van der Waals surface area (Å²) in [6, 6.07) is 16.7. The Morgan fingerprint density at radius 2 is 1.81 bits per heavy atom. The maximum atomic E-state index is 12.8. The molecule has 0 spiro atoms. The van der Waals surface area contributed by atoms with Crippen molar-refractivity contribution >= 4 is 22.6 Å². The number of ether oxygens (including phenoxy) is 1. The highest BCUT2D eigenvalue weighted by Gasteiger charge is 2.23. The molecular weight excluding hydrogens is 348 g/mol. The second kappa shape index (κ2) is 8.07. The lowest BCUT2D eigenvalue weighted by atomic mass is 10.1. The van der Waals surface area contributed by atoms with Crippen LogP contribution in [0.3, 0.4) is 0 Å². The quantitative estimate of drug-likeness (QED) is 0.722. The van der Waals surface area contributed by atoms with Gasteiger partial charge in [0.25, 0.3) is 0 Å². The fraction of sp³-hybridized carbons (Fsp3) is 0.211. The molecule has 0 aliphatic heterocycles. The molecule has 1 aromatic heterocycles. The third-order valence-electron chi connectivity index (χ3n) is 3.88. The van der Waals surface area contributed by atoms with E-state index in [1.165, 1.54) is 0 Å². The van der Waals surface area contributed by atoms with Gasteiger partial charge < -0.3 is 4.74 Å². The highest BCUT2D eigenvalue weighted by atomic mass is 32.1. The summed E-state index contributed by atoms with van der Waals surface area (Å²) in [4.78, 5) is 19.1. The largest absolute Gasteiger partial charge is 0.497 e. The van der Waals surface area contributed by atoms with Crippen LogP contribution < -0.4 is 10.1 Å². The number of benzene rings is 2. The standard InChI is InChI=1S/C19H20N4O2S/c1-23(2)16(13-7-5-4-6-8-13)18(24)21-19-20-17(22-26-19)14-9-11-15(25-3)12-10-14/h4-12,16H,1-3H3,(H,20,21,22,24). The summed E-state index contributed by atoms with van der Waals surface area (Å²) < 4.78 is 9.49. The number of hydrogen-bond acceptors (Lipinski definition) is 6. The number of rotatable bonds is 6. The average molecular weight is 368 g/mol. The van der Waals surface area contributed by atoms with Crippen LogP contribution in [0.5, 0.6) is 5.75 Å². The predicted molar refractivity (Wildman–Crippen MR) is 103 cm³/mol. The van der Waals surface area contributed by atoms with E-state index in [-0.39, 0.29) is 5.91 Å². The molecule has 7 heteroatoms. The monoisotopic (exact) mass is 368 g/mol. The van der Waals surface area contributed by atoms with Crippen molar-refractivity contribution in [2.75, 3.05) is 26.5 Å². The fourth-order valence-electron chi connectivity index (χ4n) is 2.62. The van der Waals surface area contributed by atoms with E-state index in [1.54, 1.807) is 7.11 Å². The third-order valence-corrected chi connectivity index (χ3v) is 4.51. The number of nitrogens with zero attached hydrogens (tertiary/aromatic N) is 3. The molecule has 0 bridgehead atoms. The molecule has 2 aromatic carbocycles. The number of likely N-dealkylation sites (N-methyl/N-ethyl adjacent to an activating group) is 1. The van der Waals surface area contributed by atoms with Gasteiger partial charge in [0, 0.05) is 17.1 Å². The van der Waals surface area contributed by atoms with Crippen molar-refractivity contribution in [3.8, 4) is 17.1 Å². The van der Waals surface area contributed by atoms with E-state index in [4.69, 9.17) is 4.74 Å². The molecule has 1 unspecified atom stereocenters. The van der Waals surface area contributed by atoms with E-state index < -0.39 is 6.04 Å². The molecule has 1 atom stereocenters. The number of carbonyl (C=O) groups excluding carboxylic acids is 1. The molecule has 0 aliphatic rings. The number of carbonyl (C=O) groups is 1. The highest BCUT2D eigenvalue weighted by Crippen LogP contribution is 2.25. The SMILES string of the molecule is COc1ccc(-c2nsc(NC(=O)C(c3ccccc3)N(C)C)n2)cc1. The van der Waals surface area contributed by atoms with Crippen LogP contribution in [0, 0.1) is 0 Å². The number of aromatic nitrogens is 2. The van der Waals surface area contributed by atoms with E-state index in [9.17, 15) is 4.79 Å². The van der Waals surface area contributed by atoms with Crippen molar-refractivity contribution in [2.24, 2.45) is 0 Å². The van der Waals surface area contributed by atoms with Crippen LogP contribution in [-0.4, -0.2) is 41.4 Å². The molecule has 0 aliphatic carbocycles. The van der Waals surface area contributed by atoms with Crippen LogP contribution in [0.15, 0.2) is 54.6 Å². The summed E-state index contributed by atoms with van der Waals surface area (Å²) >= 11 is 1.16. The van der Waals surface area contributed by atoms with Crippen LogP contribution in [0.1, 0.15) is 11.6 Å². The van der Waals surface area contributed by atoms with Gasteiger partial charge in [-0.3, -0.25) is 15.0 Å². The number of methoxy groups -OCH3 is 1. The topological polar surface area (TPSA) is 67.3 Å². The molecule has 0 saturated carbocycles. The van der Waals surface area contributed by atoms with Gasteiger partial charge in [0.15, 0.2) is 5.82 Å². The molecule has 0 radical (unpaired) electrons. The van der Waals surface area contributed by atoms with Crippen LogP contribution in [-0.2, 0) is 4.79 Å². The Morgan fingerprint density at radius 1 is 1.12 bits per heavy atom. The van der Waals surface area contributed by atoms with Crippen molar-refractivity contribution in [1.29, 1.82) is 0 Å². The second-order valence-corrected chi connectivity index (χ2v) is 6.67. The first-order chi connectivity index (χ1) is 12.6. The summed E-state index contributed by atoms with van der Waals surface area (Å²) in [5.74, 6) is 1.21. The molecule has 1 heterocycles. The second-order valence-electron chi connectivity index (χ2n) is 5.92. The number of hydrogen-bond donors (Lipinski definition) is 1. The van der Waals surface area contributed by atoms with Crippen LogP contribution >= 0.6 is 11.5 Å². The Hall–Kier alpha value is -2.77. The van der Waals surface area contributed by atoms with Crippen LogP contribution in [0.4, 0.5) is 5.13 Å². The van der Waals surface area contributed by atoms with Crippen molar-refractivity contribution in [3.63, 3.8) is 0 Å². The lowest BCUT2D eigenvalue weighted by molar-refractivity contribution is -0.120. The Kier molecular flexibility index (Phi) is 5.60. The first kappa shape index (κ1) is 18.0. The number of nitrogens with one attached hydrogen (secondary N) is 1. The molecule has 134 valence electrons. The minimum atomic E-state index is -0.399. The van der Waals surface area contributed by atoms with Crippen LogP contribution in [0.25, 0.3) is 11.4 Å². The van der Waals surface area contributed by atoms with Gasteiger partial charge in [0.05, 0.1) is 7.11 Å². The van der Waals surface area contributed by atoms with Gasteiger partial charge in [-0.1, -0.05) is 30.3 Å². The third kappa shape index (κ3) is 4.07. The van der Waals surface area contributed by atoms with Crippen molar-refractivity contribution < 1.29 is 9.53 Å². The highest BCUT2D eigenvalue weighted by molar-refractivity contribution is 7.10. The molecular formula is C19H20N4O2S. The molecule has 1 N–H and O–H groups in total. The average Bonchev–Trinajstić information content (AvgIpc) is 3.11. The van der Waals surface area contributed by atoms with Gasteiger partial charge in [-0.2, -0.15) is 9.36 Å². The Morgan fingerprint density at radius 3 is 2.42 bits per heavy atom. The summed E-state index contributed by atoms with van der Waals surface area (Å²) in [6.45, 7) is 0. The minimum Gasteiger partial charge on any atom is -0.497 e. The van der Waals surface area contributed by atoms with Gasteiger partial charge >= 0.3 is 0 Å². The smallest absolute Gasteiger partial charge is 0.248 e. The predicted octanol–water partition coefficient (Wildman–Crippen LogP) is 3.46. The Labute approximate surface area is 156 Å². The molecule has 6 nitrogen and oxygen atoms in total. The minimum absolute atomic E-state index is 0.140. The zero-order chi connectivity index (χ0) is 18.5. The Balaban J connectivity index is 1.76. The summed E-state index contributed by atoms with van der Waals surface area (Å²) in [5.41, 5.74) is 1.80. The molecule has 3 aromatic rings. The van der Waals surface area contributed by atoms with E-state index in [0.29, 0.717) is 11.0 Å². The summed E-state index contributed by atoms with van der Waals surface area (Å²) in [6.07, 6.45) is 0. The maximum absolute atomic E-state index is 12.8. The number of amides is 1. The molecule has 1 amide bonds. The normalized spacial score (nSPS) is 12.0. The zero-order valence-electron chi connectivity index (χ0n) is 14.8. The number of anilines is 1. The van der Waals surface area contributed by atoms with Gasteiger partial charge in [-0.15, -0.1) is 0 Å². The molecule has 0 saturated heterocycles. The van der Waals surface area contributed by atoms with Gasteiger partial charge in [-0.05, 0) is 43.9 Å². The summed E-state index contributed by atoms with van der Waals surface area (Å²) in [5, 5.41) is 3.35. The van der Waals surface area contributed by atoms with Gasteiger partial charge in [-0.25, -0.2) is 0 Å². The molecule has 26 heavy (non-hydrogen) atoms.